The number of anilines is 1. The number of nitrogens with two attached hydrogens (primary N) is 1. The van der Waals surface area contributed by atoms with E-state index in [1.165, 1.54) is 18.1 Å². The standard InChI is InChI=1S/C11H16N6OS/c1-6(2)18-9-8(12)10(14-5-13-9)19-11-16-15-7(3)17(11)4/h5-6H,12H2,1-4H3. The van der Waals surface area contributed by atoms with Gasteiger partial charge in [0.1, 0.15) is 22.9 Å². The number of ether oxygens (including phenoxy) is 1. The zero-order valence-corrected chi connectivity index (χ0v) is 12.1. The summed E-state index contributed by atoms with van der Waals surface area (Å²) in [4.78, 5) is 8.19. The van der Waals surface area contributed by atoms with Crippen LogP contribution < -0.4 is 10.5 Å². The number of nitrogen functional groups attached to an aromatic ring is 1. The van der Waals surface area contributed by atoms with Crippen LogP contribution in [0.5, 0.6) is 5.88 Å². The van der Waals surface area contributed by atoms with Crippen LogP contribution in [0.15, 0.2) is 16.5 Å². The highest BCUT2D eigenvalue weighted by molar-refractivity contribution is 7.99. The molecule has 0 aromatic carbocycles. The normalized spacial score (nSPS) is 11.0. The first-order valence-electron chi connectivity index (χ1n) is 5.80. The zero-order valence-electron chi connectivity index (χ0n) is 11.3. The summed E-state index contributed by atoms with van der Waals surface area (Å²) in [7, 11) is 1.89. The average molecular weight is 280 g/mol. The third-order valence-electron chi connectivity index (χ3n) is 2.40. The molecule has 0 aliphatic carbocycles. The molecule has 0 bridgehead atoms. The lowest BCUT2D eigenvalue weighted by Gasteiger charge is -2.12. The van der Waals surface area contributed by atoms with Crippen LogP contribution in [0.2, 0.25) is 0 Å². The Morgan fingerprint density at radius 1 is 1.32 bits per heavy atom. The number of hydrogen-bond acceptors (Lipinski definition) is 7. The topological polar surface area (TPSA) is 91.7 Å². The first-order chi connectivity index (χ1) is 8.99. The first-order valence-corrected chi connectivity index (χ1v) is 6.61. The van der Waals surface area contributed by atoms with Gasteiger partial charge in [0.15, 0.2) is 5.16 Å². The molecule has 19 heavy (non-hydrogen) atoms. The Kier molecular flexibility index (Phi) is 3.89. The summed E-state index contributed by atoms with van der Waals surface area (Å²) in [5, 5.41) is 9.38. The summed E-state index contributed by atoms with van der Waals surface area (Å²) in [6.45, 7) is 5.72. The number of aryl methyl sites for hydroxylation is 1. The molecule has 2 aromatic heterocycles. The van der Waals surface area contributed by atoms with Gasteiger partial charge >= 0.3 is 0 Å². The molecule has 0 atom stereocenters. The number of hydrogen-bond donors (Lipinski definition) is 1. The summed E-state index contributed by atoms with van der Waals surface area (Å²) in [5.41, 5.74) is 6.43. The Bertz CT molecular complexity index is 583. The quantitative estimate of drug-likeness (QED) is 0.847. The van der Waals surface area contributed by atoms with Crippen molar-refractivity contribution in [3.8, 4) is 5.88 Å². The molecule has 0 radical (unpaired) electrons. The molecule has 0 aliphatic rings. The van der Waals surface area contributed by atoms with E-state index in [-0.39, 0.29) is 6.10 Å². The van der Waals surface area contributed by atoms with E-state index in [2.05, 4.69) is 20.2 Å². The van der Waals surface area contributed by atoms with Crippen LogP contribution in [0.25, 0.3) is 0 Å². The summed E-state index contributed by atoms with van der Waals surface area (Å²) in [6.07, 6.45) is 1.44. The van der Waals surface area contributed by atoms with E-state index >= 15 is 0 Å². The molecule has 7 nitrogen and oxygen atoms in total. The van der Waals surface area contributed by atoms with Gasteiger partial charge in [-0.25, -0.2) is 4.98 Å². The predicted octanol–water partition coefficient (Wildman–Crippen LogP) is 1.43. The first kappa shape index (κ1) is 13.6. The van der Waals surface area contributed by atoms with Crippen molar-refractivity contribution in [1.82, 2.24) is 24.7 Å². The highest BCUT2D eigenvalue weighted by Gasteiger charge is 2.15. The van der Waals surface area contributed by atoms with Crippen molar-refractivity contribution in [2.45, 2.75) is 37.1 Å². The van der Waals surface area contributed by atoms with Crippen LogP contribution in [0.3, 0.4) is 0 Å². The fourth-order valence-electron chi connectivity index (χ4n) is 1.33. The molecule has 0 spiro atoms. The second kappa shape index (κ2) is 5.43. The van der Waals surface area contributed by atoms with Gasteiger partial charge in [0, 0.05) is 7.05 Å². The van der Waals surface area contributed by atoms with Gasteiger partial charge in [0.25, 0.3) is 0 Å². The van der Waals surface area contributed by atoms with Crippen molar-refractivity contribution in [1.29, 1.82) is 0 Å². The van der Waals surface area contributed by atoms with Crippen LogP contribution in [-0.4, -0.2) is 30.8 Å². The number of nitrogens with zero attached hydrogens (tertiary/aromatic N) is 5. The van der Waals surface area contributed by atoms with Crippen LogP contribution >= 0.6 is 11.8 Å². The molecular formula is C11H16N6OS. The fourth-order valence-corrected chi connectivity index (χ4v) is 2.15. The Hall–Kier alpha value is -1.83. The van der Waals surface area contributed by atoms with E-state index in [0.717, 1.165) is 11.0 Å². The van der Waals surface area contributed by atoms with E-state index in [0.29, 0.717) is 16.6 Å². The van der Waals surface area contributed by atoms with Crippen molar-refractivity contribution < 1.29 is 4.74 Å². The number of aromatic nitrogens is 5. The summed E-state index contributed by atoms with van der Waals surface area (Å²) < 4.78 is 7.40. The maximum Gasteiger partial charge on any atom is 0.241 e. The van der Waals surface area contributed by atoms with Crippen LogP contribution in [0.1, 0.15) is 19.7 Å². The number of rotatable bonds is 4. The summed E-state index contributed by atoms with van der Waals surface area (Å²) in [5.74, 6) is 1.22. The molecule has 8 heteroatoms. The largest absolute Gasteiger partial charge is 0.473 e. The monoisotopic (exact) mass is 280 g/mol. The average Bonchev–Trinajstić information content (AvgIpc) is 2.65. The summed E-state index contributed by atoms with van der Waals surface area (Å²) >= 11 is 1.34. The van der Waals surface area contributed by atoms with Gasteiger partial charge in [-0.3, -0.25) is 0 Å². The maximum absolute atomic E-state index is 6.01. The molecule has 0 unspecified atom stereocenters. The van der Waals surface area contributed by atoms with E-state index in [1.54, 1.807) is 0 Å². The molecule has 0 saturated carbocycles. The minimum absolute atomic E-state index is 0.00659. The Morgan fingerprint density at radius 3 is 2.63 bits per heavy atom. The van der Waals surface area contributed by atoms with Crippen LogP contribution in [-0.2, 0) is 7.05 Å². The fraction of sp³-hybridized carbons (Fsp3) is 0.455. The summed E-state index contributed by atoms with van der Waals surface area (Å²) in [6, 6.07) is 0. The van der Waals surface area contributed by atoms with Crippen molar-refractivity contribution in [2.24, 2.45) is 7.05 Å². The van der Waals surface area contributed by atoms with E-state index in [4.69, 9.17) is 10.5 Å². The molecule has 2 aromatic rings. The van der Waals surface area contributed by atoms with Crippen LogP contribution in [0, 0.1) is 6.92 Å². The predicted molar refractivity (Wildman–Crippen MR) is 72.1 cm³/mol. The second-order valence-corrected chi connectivity index (χ2v) is 5.21. The van der Waals surface area contributed by atoms with Gasteiger partial charge in [-0.2, -0.15) is 4.98 Å². The Morgan fingerprint density at radius 2 is 2.05 bits per heavy atom. The minimum Gasteiger partial charge on any atom is -0.473 e. The third-order valence-corrected chi connectivity index (χ3v) is 3.46. The molecule has 0 aliphatic heterocycles. The van der Waals surface area contributed by atoms with Gasteiger partial charge in [0.2, 0.25) is 5.88 Å². The SMILES string of the molecule is Cc1nnc(Sc2ncnc(OC(C)C)c2N)n1C. The molecule has 2 heterocycles. The minimum atomic E-state index is 0.00659. The molecular weight excluding hydrogens is 264 g/mol. The highest BCUT2D eigenvalue weighted by Crippen LogP contribution is 2.33. The molecule has 0 amide bonds. The van der Waals surface area contributed by atoms with Gasteiger partial charge in [-0.1, -0.05) is 0 Å². The molecule has 0 fully saturated rings. The second-order valence-electron chi connectivity index (χ2n) is 4.26. The Balaban J connectivity index is 2.28. The van der Waals surface area contributed by atoms with Gasteiger partial charge < -0.3 is 15.0 Å². The smallest absolute Gasteiger partial charge is 0.241 e. The maximum atomic E-state index is 6.01. The highest BCUT2D eigenvalue weighted by atomic mass is 32.2. The molecule has 2 rings (SSSR count). The third kappa shape index (κ3) is 2.95. The molecule has 102 valence electrons. The van der Waals surface area contributed by atoms with Crippen molar-refractivity contribution in [2.75, 3.05) is 5.73 Å². The van der Waals surface area contributed by atoms with Crippen molar-refractivity contribution >= 4 is 17.4 Å². The molecule has 2 N–H and O–H groups in total. The zero-order chi connectivity index (χ0) is 14.0. The van der Waals surface area contributed by atoms with Crippen LogP contribution in [0.4, 0.5) is 5.69 Å². The van der Waals surface area contributed by atoms with Gasteiger partial charge in [-0.15, -0.1) is 10.2 Å². The van der Waals surface area contributed by atoms with Gasteiger partial charge in [-0.05, 0) is 32.5 Å². The van der Waals surface area contributed by atoms with E-state index in [1.807, 2.05) is 32.4 Å². The van der Waals surface area contributed by atoms with Crippen molar-refractivity contribution in [3.63, 3.8) is 0 Å². The van der Waals surface area contributed by atoms with Gasteiger partial charge in [0.05, 0.1) is 6.10 Å². The van der Waals surface area contributed by atoms with E-state index in [9.17, 15) is 0 Å². The molecule has 0 saturated heterocycles. The lowest BCUT2D eigenvalue weighted by Crippen LogP contribution is -2.10. The Labute approximate surface area is 115 Å². The van der Waals surface area contributed by atoms with E-state index < -0.39 is 0 Å². The van der Waals surface area contributed by atoms with Crippen molar-refractivity contribution in [3.05, 3.63) is 12.2 Å². The lowest BCUT2D eigenvalue weighted by molar-refractivity contribution is 0.233. The lowest BCUT2D eigenvalue weighted by atomic mass is 10.4.